The molecule has 0 saturated carbocycles. The maximum atomic E-state index is 7.51. The first-order valence-electron chi connectivity index (χ1n) is 12.3. The van der Waals surface area contributed by atoms with Crippen molar-refractivity contribution in [1.29, 1.82) is 0 Å². The van der Waals surface area contributed by atoms with Crippen molar-refractivity contribution < 1.29 is 43.7 Å². The van der Waals surface area contributed by atoms with Crippen LogP contribution in [0.2, 0.25) is 0 Å². The van der Waals surface area contributed by atoms with Crippen LogP contribution in [-0.2, 0) is 17.7 Å². The molecule has 0 amide bonds. The maximum absolute atomic E-state index is 7.51. The summed E-state index contributed by atoms with van der Waals surface area (Å²) in [5.74, 6) is 0. The zero-order chi connectivity index (χ0) is 26.4. The second-order valence-corrected chi connectivity index (χ2v) is 3.15. The van der Waals surface area contributed by atoms with Crippen molar-refractivity contribution in [3.05, 3.63) is 0 Å². The molecule has 0 radical (unpaired) electrons. The Kier molecular flexibility index (Phi) is 1.13. The minimum absolute atomic E-state index is 2.71. The first-order valence-corrected chi connectivity index (χ1v) is 4.30. The van der Waals surface area contributed by atoms with Crippen LogP contribution in [0.1, 0.15) is 53.5 Å². The molecule has 0 unspecified atom stereocenters. The number of rotatable bonds is 8. The van der Waals surface area contributed by atoms with E-state index in [1.165, 1.54) is 0 Å². The first-order chi connectivity index (χ1) is 13.5. The van der Waals surface area contributed by atoms with Crippen LogP contribution in [0.5, 0.6) is 0 Å². The average Bonchev–Trinajstić information content (AvgIpc) is 2.40. The van der Waals surface area contributed by atoms with Crippen molar-refractivity contribution in [1.82, 2.24) is 0 Å². The molecule has 0 N–H and O–H groups in total. The maximum Gasteiger partial charge on any atom is 0.679 e. The van der Waals surface area contributed by atoms with Gasteiger partial charge in [0.25, 0.3) is 0 Å². The van der Waals surface area contributed by atoms with Gasteiger partial charge in [-0.3, -0.25) is 0 Å². The van der Waals surface area contributed by atoms with Crippen molar-refractivity contribution >= 4 is 9.05 Å². The van der Waals surface area contributed by atoms with Crippen molar-refractivity contribution in [2.45, 2.75) is 27.4 Å². The Morgan fingerprint density at radius 1 is 0.923 bits per heavy atom. The molecule has 80 valence electrons. The summed E-state index contributed by atoms with van der Waals surface area (Å²) in [4.78, 5) is 0. The molecule has 5 heteroatoms. The predicted molar refractivity (Wildman–Crippen MR) is 52.3 cm³/mol. The zero-order valence-electron chi connectivity index (χ0n) is 25.2. The van der Waals surface area contributed by atoms with Crippen LogP contribution >= 0.6 is 0 Å². The lowest BCUT2D eigenvalue weighted by Gasteiger charge is -2.26. The molecule has 0 aliphatic rings. The molecule has 0 aliphatic heterocycles. The Bertz CT molecular complexity index is 565. The Balaban J connectivity index is 7.01. The highest BCUT2D eigenvalue weighted by molar-refractivity contribution is 6.53. The van der Waals surface area contributed by atoms with Gasteiger partial charge in [-0.15, -0.1) is 0 Å². The van der Waals surface area contributed by atoms with Crippen LogP contribution in [0, 0.1) is 0 Å². The van der Waals surface area contributed by atoms with Crippen LogP contribution in [0.25, 0.3) is 0 Å². The molecule has 0 heterocycles. The smallest absolute Gasteiger partial charge is 0.351 e. The number of hydrogen-bond acceptors (Lipinski definition) is 4. The second-order valence-electron chi connectivity index (χ2n) is 1.33. The van der Waals surface area contributed by atoms with Crippen molar-refractivity contribution in [2.24, 2.45) is 0 Å². The van der Waals surface area contributed by atoms with Gasteiger partial charge in [-0.05, 0) is 27.4 Å². The van der Waals surface area contributed by atoms with Gasteiger partial charge in [0.05, 0.1) is 11.0 Å². The highest BCUT2D eigenvalue weighted by Crippen LogP contribution is 2.11. The third-order valence-corrected chi connectivity index (χ3v) is 2.14. The topological polar surface area (TPSA) is 36.9 Å². The Hall–Kier alpha value is 0.0569. The van der Waals surface area contributed by atoms with Crippen LogP contribution in [0.15, 0.2) is 0 Å². The molecule has 0 aliphatic carbocycles. The zero-order valence-corrected chi connectivity index (χ0v) is 7.21. The fourth-order valence-electron chi connectivity index (χ4n) is 0.385. The lowest BCUT2D eigenvalue weighted by molar-refractivity contribution is -0.0247. The van der Waals surface area contributed by atoms with Crippen LogP contribution in [-0.4, -0.2) is 35.3 Å². The van der Waals surface area contributed by atoms with E-state index in [-0.39, 0.29) is 0 Å². The third-order valence-electron chi connectivity index (χ3n) is 0.712. The molecule has 0 aromatic heterocycles. The van der Waals surface area contributed by atoms with E-state index in [1.807, 2.05) is 0 Å². The molecule has 4 nitrogen and oxygen atoms in total. The molecule has 0 atom stereocenters. The van der Waals surface area contributed by atoms with E-state index in [2.05, 4.69) is 17.7 Å². The summed E-state index contributed by atoms with van der Waals surface area (Å²) in [5, 5.41) is 0. The summed E-state index contributed by atoms with van der Waals surface area (Å²) in [6.45, 7) is -30.0. The third kappa shape index (κ3) is 4.73. The molecule has 0 fully saturated rings. The van der Waals surface area contributed by atoms with Gasteiger partial charge in [-0.25, -0.2) is 0 Å². The van der Waals surface area contributed by atoms with E-state index in [0.29, 0.717) is 0 Å². The Morgan fingerprint density at radius 2 is 1.38 bits per heavy atom. The van der Waals surface area contributed by atoms with E-state index in [1.54, 1.807) is 0 Å². The van der Waals surface area contributed by atoms with Crippen molar-refractivity contribution in [3.8, 4) is 0 Å². The van der Waals surface area contributed by atoms with Crippen LogP contribution < -0.4 is 0 Å². The highest BCUT2D eigenvalue weighted by atomic mass is 28.4. The SMILES string of the molecule is [2H]C([2H])C([2H])([2H])O[Si](OC([2H])([2H])C([2H])([2H])[2H])(OC([2H])([2H])C([2H])([2H])[2H])OC([2H])([2H])C([2H])([2H])[2H]. The van der Waals surface area contributed by atoms with Gasteiger partial charge in [-0.2, -0.15) is 0 Å². The molecule has 0 rings (SSSR count). The van der Waals surface area contributed by atoms with Crippen molar-refractivity contribution in [2.75, 3.05) is 26.2 Å². The average molecular weight is 227 g/mol. The van der Waals surface area contributed by atoms with E-state index in [9.17, 15) is 0 Å². The minimum Gasteiger partial charge on any atom is -0.351 e. The van der Waals surface area contributed by atoms with Gasteiger partial charge < -0.3 is 17.7 Å². The first kappa shape index (κ1) is 1.97. The second kappa shape index (κ2) is 7.46. The van der Waals surface area contributed by atoms with Gasteiger partial charge in [0.1, 0.15) is 0 Å². The highest BCUT2D eigenvalue weighted by Gasteiger charge is 2.44. The number of hydrogen-bond donors (Lipinski definition) is 0. The Labute approximate surface area is 108 Å². The standard InChI is InChI=1S/C8H20O4Si/c1-5-9-13(10-6-2,11-7-3)12-8-4/h5-8H2,1-4H3/i1D2,2D3,3D3,4D3,5D2,6D2,7D2,8D2. The van der Waals surface area contributed by atoms with Crippen LogP contribution in [0.4, 0.5) is 0 Å². The molecular weight excluding hydrogens is 188 g/mol. The summed E-state index contributed by atoms with van der Waals surface area (Å²) in [6.07, 6.45) is 0. The minimum atomic E-state index is -6.55. The molecule has 0 spiro atoms. The summed E-state index contributed by atoms with van der Waals surface area (Å²) in [6, 6.07) is 0. The van der Waals surface area contributed by atoms with Gasteiger partial charge >= 0.3 is 9.05 Å². The summed E-state index contributed by atoms with van der Waals surface area (Å²) < 4.78 is 156. The monoisotopic (exact) mass is 227 g/mol. The van der Waals surface area contributed by atoms with E-state index >= 15 is 0 Å². The van der Waals surface area contributed by atoms with Gasteiger partial charge in [-0.1, -0.05) is 0 Å². The lowest BCUT2D eigenvalue weighted by atomic mass is 10.9. The molecular formula is C8H20O4Si. The molecule has 0 aromatic rings. The molecule has 0 saturated heterocycles. The van der Waals surface area contributed by atoms with E-state index in [4.69, 9.17) is 26.0 Å². The largest absolute Gasteiger partial charge is 0.679 e. The summed E-state index contributed by atoms with van der Waals surface area (Å²) >= 11 is 0. The normalized spacial score (nSPS) is 41.2. The van der Waals surface area contributed by atoms with E-state index in [0.717, 1.165) is 0 Å². The van der Waals surface area contributed by atoms with Gasteiger partial charge in [0.15, 0.2) is 0 Å². The molecule has 0 bridgehead atoms. The van der Waals surface area contributed by atoms with Crippen molar-refractivity contribution in [3.63, 3.8) is 0 Å². The van der Waals surface area contributed by atoms with Crippen LogP contribution in [0.3, 0.4) is 0 Å². The van der Waals surface area contributed by atoms with Gasteiger partial charge in [0, 0.05) is 41.3 Å². The van der Waals surface area contributed by atoms with Gasteiger partial charge in [0.2, 0.25) is 0 Å². The quantitative estimate of drug-likeness (QED) is 0.590. The molecule has 13 heavy (non-hydrogen) atoms. The predicted octanol–water partition coefficient (Wildman–Crippen LogP) is 1.57. The lowest BCUT2D eigenvalue weighted by Crippen LogP contribution is -2.49. The summed E-state index contributed by atoms with van der Waals surface area (Å²) in [7, 11) is -6.55. The Morgan fingerprint density at radius 3 is 1.77 bits per heavy atom. The molecule has 0 aromatic carbocycles. The fourth-order valence-corrected chi connectivity index (χ4v) is 1.15. The fraction of sp³-hybridized carbons (Fsp3) is 1.00. The summed E-state index contributed by atoms with van der Waals surface area (Å²) in [5.41, 5.74) is 0. The van der Waals surface area contributed by atoms with E-state index < -0.39 is 62.7 Å².